The summed E-state index contributed by atoms with van der Waals surface area (Å²) < 4.78 is 5.28. The van der Waals surface area contributed by atoms with Gasteiger partial charge in [0.25, 0.3) is 0 Å². The predicted molar refractivity (Wildman–Crippen MR) is 89.6 cm³/mol. The van der Waals surface area contributed by atoms with E-state index in [1.54, 1.807) is 30.1 Å². The number of aliphatic imine (C=N–C) groups is 1. The summed E-state index contributed by atoms with van der Waals surface area (Å²) in [5, 5.41) is 8.81. The van der Waals surface area contributed by atoms with Crippen LogP contribution in [0.2, 0.25) is 0 Å². The van der Waals surface area contributed by atoms with Crippen molar-refractivity contribution in [1.29, 1.82) is 0 Å². The molecule has 114 valence electrons. The molecule has 0 radical (unpaired) electrons. The first kappa shape index (κ1) is 16.1. The van der Waals surface area contributed by atoms with E-state index >= 15 is 0 Å². The third-order valence-corrected chi connectivity index (χ3v) is 3.76. The first-order valence-corrected chi connectivity index (χ1v) is 7.99. The number of carboxylic acid groups (broad SMARTS) is 1. The van der Waals surface area contributed by atoms with E-state index in [1.807, 2.05) is 42.7 Å². The van der Waals surface area contributed by atoms with Gasteiger partial charge < -0.3 is 9.84 Å². The van der Waals surface area contributed by atoms with E-state index in [9.17, 15) is 4.79 Å². The van der Waals surface area contributed by atoms with Crippen LogP contribution in [0.25, 0.3) is 0 Å². The molecule has 0 saturated heterocycles. The number of thioether (sulfide) groups is 1. The van der Waals surface area contributed by atoms with Gasteiger partial charge in [0.2, 0.25) is 0 Å². The zero-order valence-electron chi connectivity index (χ0n) is 12.4. The van der Waals surface area contributed by atoms with Crippen molar-refractivity contribution in [3.63, 3.8) is 0 Å². The highest BCUT2D eigenvalue weighted by atomic mass is 32.2. The number of rotatable bonds is 6. The molecule has 0 aromatic heterocycles. The molecule has 0 aliphatic rings. The first-order valence-electron chi connectivity index (χ1n) is 6.77. The Balaban J connectivity index is 2.08. The van der Waals surface area contributed by atoms with Crippen LogP contribution in [0.4, 0.5) is 5.69 Å². The highest BCUT2D eigenvalue weighted by molar-refractivity contribution is 7.98. The molecular formula is C17H17NO3S. The zero-order valence-corrected chi connectivity index (χ0v) is 13.2. The molecule has 4 nitrogen and oxygen atoms in total. The molecule has 2 aromatic carbocycles. The van der Waals surface area contributed by atoms with Crippen molar-refractivity contribution in [1.82, 2.24) is 0 Å². The van der Waals surface area contributed by atoms with Gasteiger partial charge in [0.15, 0.2) is 6.10 Å². The number of aliphatic carboxylic acids is 1. The van der Waals surface area contributed by atoms with E-state index in [1.165, 1.54) is 6.92 Å². The van der Waals surface area contributed by atoms with Gasteiger partial charge in [-0.3, -0.25) is 4.99 Å². The molecule has 0 aliphatic heterocycles. The molecule has 0 unspecified atom stereocenters. The van der Waals surface area contributed by atoms with Gasteiger partial charge >= 0.3 is 5.97 Å². The van der Waals surface area contributed by atoms with E-state index in [2.05, 4.69) is 4.99 Å². The molecule has 0 heterocycles. The number of carbonyl (C=O) groups is 1. The lowest BCUT2D eigenvalue weighted by Gasteiger charge is -2.10. The van der Waals surface area contributed by atoms with Gasteiger partial charge in [-0.2, -0.15) is 0 Å². The molecule has 5 heteroatoms. The van der Waals surface area contributed by atoms with Crippen LogP contribution in [0, 0.1) is 0 Å². The van der Waals surface area contributed by atoms with Gasteiger partial charge in [-0.25, -0.2) is 4.79 Å². The van der Waals surface area contributed by atoms with Gasteiger partial charge in [0, 0.05) is 11.1 Å². The normalized spacial score (nSPS) is 12.3. The second kappa shape index (κ2) is 7.66. The number of carboxylic acids is 1. The SMILES string of the molecule is CSc1ccccc1N=Cc1ccc(O[C@@H](C)C(=O)O)cc1. The number of hydrogen-bond donors (Lipinski definition) is 1. The Morgan fingerprint density at radius 3 is 2.55 bits per heavy atom. The van der Waals surface area contributed by atoms with Gasteiger partial charge in [-0.05, 0) is 55.1 Å². The van der Waals surface area contributed by atoms with Crippen LogP contribution >= 0.6 is 11.8 Å². The van der Waals surface area contributed by atoms with E-state index in [0.717, 1.165) is 16.1 Å². The number of para-hydroxylation sites is 1. The summed E-state index contributed by atoms with van der Waals surface area (Å²) in [7, 11) is 0. The van der Waals surface area contributed by atoms with Crippen LogP contribution in [0.1, 0.15) is 12.5 Å². The van der Waals surface area contributed by atoms with Gasteiger partial charge in [-0.1, -0.05) is 12.1 Å². The lowest BCUT2D eigenvalue weighted by molar-refractivity contribution is -0.144. The molecule has 1 atom stereocenters. The van der Waals surface area contributed by atoms with E-state index in [-0.39, 0.29) is 0 Å². The topological polar surface area (TPSA) is 58.9 Å². The fourth-order valence-corrected chi connectivity index (χ4v) is 2.31. The minimum absolute atomic E-state index is 0.525. The van der Waals surface area contributed by atoms with Crippen LogP contribution in [0.3, 0.4) is 0 Å². The fraction of sp³-hybridized carbons (Fsp3) is 0.176. The summed E-state index contributed by atoms with van der Waals surface area (Å²) in [6, 6.07) is 15.1. The third-order valence-electron chi connectivity index (χ3n) is 2.98. The second-order valence-electron chi connectivity index (χ2n) is 4.60. The summed E-state index contributed by atoms with van der Waals surface area (Å²) in [5.41, 5.74) is 1.85. The number of benzene rings is 2. The third kappa shape index (κ3) is 4.36. The Hall–Kier alpha value is -2.27. The Bertz CT molecular complexity index is 668. The predicted octanol–water partition coefficient (Wildman–Crippen LogP) is 4.01. The van der Waals surface area contributed by atoms with E-state index in [4.69, 9.17) is 9.84 Å². The summed E-state index contributed by atoms with van der Waals surface area (Å²) in [5.74, 6) is -0.462. The molecule has 2 aromatic rings. The smallest absolute Gasteiger partial charge is 0.344 e. The fourth-order valence-electron chi connectivity index (χ4n) is 1.77. The van der Waals surface area contributed by atoms with Gasteiger partial charge in [0.05, 0.1) is 5.69 Å². The van der Waals surface area contributed by atoms with Crippen LogP contribution in [-0.2, 0) is 4.79 Å². The summed E-state index contributed by atoms with van der Waals surface area (Å²) in [4.78, 5) is 16.3. The van der Waals surface area contributed by atoms with Crippen LogP contribution in [-0.4, -0.2) is 29.7 Å². The maximum absolute atomic E-state index is 10.7. The molecule has 22 heavy (non-hydrogen) atoms. The van der Waals surface area contributed by atoms with E-state index < -0.39 is 12.1 Å². The summed E-state index contributed by atoms with van der Waals surface area (Å²) in [6.45, 7) is 1.50. The molecule has 2 rings (SSSR count). The maximum atomic E-state index is 10.7. The van der Waals surface area contributed by atoms with Crippen LogP contribution < -0.4 is 4.74 Å². The highest BCUT2D eigenvalue weighted by Gasteiger charge is 2.11. The Labute approximate surface area is 133 Å². The Morgan fingerprint density at radius 1 is 1.23 bits per heavy atom. The Morgan fingerprint density at radius 2 is 1.91 bits per heavy atom. The zero-order chi connectivity index (χ0) is 15.9. The number of ether oxygens (including phenoxy) is 1. The number of hydrogen-bond acceptors (Lipinski definition) is 4. The quantitative estimate of drug-likeness (QED) is 0.646. The van der Waals surface area contributed by atoms with Crippen molar-refractivity contribution >= 4 is 29.6 Å². The van der Waals surface area contributed by atoms with E-state index in [0.29, 0.717) is 5.75 Å². The van der Waals surface area contributed by atoms with Crippen molar-refractivity contribution in [3.8, 4) is 5.75 Å². The van der Waals surface area contributed by atoms with Gasteiger partial charge in [-0.15, -0.1) is 11.8 Å². The lowest BCUT2D eigenvalue weighted by atomic mass is 10.2. The minimum Gasteiger partial charge on any atom is -0.479 e. The number of nitrogens with zero attached hydrogens (tertiary/aromatic N) is 1. The van der Waals surface area contributed by atoms with Gasteiger partial charge in [0.1, 0.15) is 5.75 Å². The van der Waals surface area contributed by atoms with Crippen LogP contribution in [0.15, 0.2) is 58.4 Å². The lowest BCUT2D eigenvalue weighted by Crippen LogP contribution is -2.22. The molecule has 0 spiro atoms. The van der Waals surface area contributed by atoms with Crippen molar-refractivity contribution in [2.24, 2.45) is 4.99 Å². The van der Waals surface area contributed by atoms with Crippen molar-refractivity contribution in [3.05, 3.63) is 54.1 Å². The molecule has 0 bridgehead atoms. The maximum Gasteiger partial charge on any atom is 0.344 e. The summed E-state index contributed by atoms with van der Waals surface area (Å²) >= 11 is 1.65. The monoisotopic (exact) mass is 315 g/mol. The average Bonchev–Trinajstić information content (AvgIpc) is 2.54. The minimum atomic E-state index is -0.987. The molecule has 0 aliphatic carbocycles. The highest BCUT2D eigenvalue weighted by Crippen LogP contribution is 2.27. The molecule has 0 fully saturated rings. The van der Waals surface area contributed by atoms with Crippen molar-refractivity contribution in [2.75, 3.05) is 6.26 Å². The molecular weight excluding hydrogens is 298 g/mol. The van der Waals surface area contributed by atoms with Crippen molar-refractivity contribution < 1.29 is 14.6 Å². The van der Waals surface area contributed by atoms with Crippen LogP contribution in [0.5, 0.6) is 5.75 Å². The second-order valence-corrected chi connectivity index (χ2v) is 5.45. The molecule has 0 saturated carbocycles. The molecule has 1 N–H and O–H groups in total. The summed E-state index contributed by atoms with van der Waals surface area (Å²) in [6.07, 6.45) is 2.93. The van der Waals surface area contributed by atoms with Crippen molar-refractivity contribution in [2.45, 2.75) is 17.9 Å². The molecule has 0 amide bonds. The Kier molecular flexibility index (Phi) is 5.61. The first-order chi connectivity index (χ1) is 10.6. The largest absolute Gasteiger partial charge is 0.479 e. The average molecular weight is 315 g/mol. The standard InChI is InChI=1S/C17H17NO3S/c1-12(17(19)20)21-14-9-7-13(8-10-14)11-18-15-5-3-4-6-16(15)22-2/h3-12H,1-2H3,(H,19,20)/t12-/m0/s1.